The van der Waals surface area contributed by atoms with E-state index in [0.29, 0.717) is 37.9 Å². The Morgan fingerprint density at radius 1 is 1.05 bits per heavy atom. The number of hydrogen-bond donors (Lipinski definition) is 5. The largest absolute Gasteiger partial charge is 0.326 e. The number of carbonyl (C=O) groups excluding carboxylic acids is 2. The van der Waals surface area contributed by atoms with E-state index in [-0.39, 0.29) is 30.7 Å². The van der Waals surface area contributed by atoms with Crippen molar-refractivity contribution in [2.75, 3.05) is 27.8 Å². The molecular weight excluding hydrogens is 588 g/mol. The van der Waals surface area contributed by atoms with Crippen LogP contribution in [0.3, 0.4) is 0 Å². The van der Waals surface area contributed by atoms with Crippen LogP contribution < -0.4 is 26.0 Å². The van der Waals surface area contributed by atoms with Crippen LogP contribution in [-0.4, -0.2) is 41.7 Å². The van der Waals surface area contributed by atoms with Crippen LogP contribution in [0.4, 0.5) is 34.0 Å². The van der Waals surface area contributed by atoms with Crippen LogP contribution in [0.5, 0.6) is 0 Å². The Morgan fingerprint density at radius 3 is 2.61 bits per heavy atom. The summed E-state index contributed by atoms with van der Waals surface area (Å²) >= 11 is 7.36. The molecule has 12 nitrogen and oxygen atoms in total. The van der Waals surface area contributed by atoms with Crippen LogP contribution in [0, 0.1) is 6.92 Å². The number of halogens is 1. The second-order valence-corrected chi connectivity index (χ2v) is 11.6. The summed E-state index contributed by atoms with van der Waals surface area (Å²) in [6.45, 7) is 5.00. The second-order valence-electron chi connectivity index (χ2n) is 8.42. The number of aryl methyl sites for hydroxylation is 1. The van der Waals surface area contributed by atoms with Gasteiger partial charge in [0.1, 0.15) is 10.7 Å². The fourth-order valence-electron chi connectivity index (χ4n) is 3.39. The fraction of sp³-hybridized carbons (Fsp3) is 0.115. The van der Waals surface area contributed by atoms with Crippen molar-refractivity contribution in [3.05, 3.63) is 88.4 Å². The van der Waals surface area contributed by atoms with Gasteiger partial charge in [0, 0.05) is 35.9 Å². The first-order valence-electron chi connectivity index (χ1n) is 12.0. The maximum Gasteiger partial charge on any atom is 0.267 e. The molecule has 0 aliphatic heterocycles. The van der Waals surface area contributed by atoms with Gasteiger partial charge in [0.25, 0.3) is 5.91 Å². The molecule has 4 aromatic rings. The summed E-state index contributed by atoms with van der Waals surface area (Å²) in [6.07, 6.45) is 2.96. The van der Waals surface area contributed by atoms with Gasteiger partial charge in [0.2, 0.25) is 21.9 Å². The van der Waals surface area contributed by atoms with Crippen LogP contribution in [0.1, 0.15) is 21.7 Å². The number of benzene rings is 2. The number of para-hydroxylation sites is 1. The van der Waals surface area contributed by atoms with E-state index >= 15 is 0 Å². The van der Waals surface area contributed by atoms with Crippen molar-refractivity contribution in [2.24, 2.45) is 0 Å². The highest BCUT2D eigenvalue weighted by Crippen LogP contribution is 2.28. The predicted octanol–water partition coefficient (Wildman–Crippen LogP) is 5.03. The van der Waals surface area contributed by atoms with Gasteiger partial charge in [-0.25, -0.2) is 23.1 Å². The Hall–Kier alpha value is -4.37. The van der Waals surface area contributed by atoms with Gasteiger partial charge in [-0.2, -0.15) is 4.98 Å². The molecule has 0 atom stereocenters. The lowest BCUT2D eigenvalue weighted by atomic mass is 10.2. The van der Waals surface area contributed by atoms with Crippen molar-refractivity contribution in [3.8, 4) is 0 Å². The summed E-state index contributed by atoms with van der Waals surface area (Å²) in [5.41, 5.74) is 2.50. The number of amides is 2. The molecular formula is C26H25ClN8O4S2. The number of sulfonamides is 1. The van der Waals surface area contributed by atoms with Gasteiger partial charge < -0.3 is 21.3 Å². The molecule has 0 saturated heterocycles. The first-order chi connectivity index (χ1) is 19.6. The van der Waals surface area contributed by atoms with Gasteiger partial charge in [-0.3, -0.25) is 9.59 Å². The molecule has 2 aromatic carbocycles. The Balaban J connectivity index is 1.35. The molecule has 4 rings (SSSR count). The van der Waals surface area contributed by atoms with Gasteiger partial charge in [0.15, 0.2) is 5.13 Å². The van der Waals surface area contributed by atoms with Crippen LogP contribution in [0.15, 0.2) is 72.9 Å². The molecule has 2 amide bonds. The van der Waals surface area contributed by atoms with Gasteiger partial charge in [-0.15, -0.1) is 0 Å². The van der Waals surface area contributed by atoms with E-state index in [1.54, 1.807) is 42.6 Å². The normalized spacial score (nSPS) is 11.0. The van der Waals surface area contributed by atoms with Crippen molar-refractivity contribution in [3.63, 3.8) is 0 Å². The molecule has 0 saturated carbocycles. The number of anilines is 6. The summed E-state index contributed by atoms with van der Waals surface area (Å²) in [4.78, 5) is 38.2. The van der Waals surface area contributed by atoms with Crippen molar-refractivity contribution in [1.29, 1.82) is 0 Å². The molecule has 0 unspecified atom stereocenters. The Morgan fingerprint density at radius 2 is 1.83 bits per heavy atom. The van der Waals surface area contributed by atoms with Crippen LogP contribution >= 0.6 is 22.9 Å². The van der Waals surface area contributed by atoms with E-state index < -0.39 is 10.0 Å². The summed E-state index contributed by atoms with van der Waals surface area (Å²) in [6, 6.07) is 13.9. The maximum atomic E-state index is 12.7. The standard InChI is InChI=1S/C26H25ClN8O4S2/c1-3-41(38,39)30-13-11-22(36)31-17-7-5-8-18(14-17)32-25-28-12-10-21(33-25)34-26-29-15-20(40-26)24(37)35-23-16(2)6-4-9-19(23)27/h3-10,12,14-15,30H,1,11,13H2,2H3,(H,31,36)(H,35,37)(H2,28,29,32,33,34). The average molecular weight is 613 g/mol. The summed E-state index contributed by atoms with van der Waals surface area (Å²) in [7, 11) is -3.59. The smallest absolute Gasteiger partial charge is 0.267 e. The van der Waals surface area contributed by atoms with Crippen molar-refractivity contribution < 1.29 is 18.0 Å². The molecule has 2 aromatic heterocycles. The highest BCUT2D eigenvalue weighted by atomic mass is 35.5. The third-order valence-corrected chi connectivity index (χ3v) is 7.63. The number of nitrogens with zero attached hydrogens (tertiary/aromatic N) is 3. The predicted molar refractivity (Wildman–Crippen MR) is 162 cm³/mol. The fourth-order valence-corrected chi connectivity index (χ4v) is 4.89. The van der Waals surface area contributed by atoms with Crippen molar-refractivity contribution >= 4 is 78.7 Å². The number of hydrogen-bond acceptors (Lipinski definition) is 10. The monoisotopic (exact) mass is 612 g/mol. The van der Waals surface area contributed by atoms with E-state index in [1.165, 1.54) is 6.20 Å². The van der Waals surface area contributed by atoms with E-state index in [0.717, 1.165) is 22.3 Å². The van der Waals surface area contributed by atoms with Gasteiger partial charge in [-0.05, 0) is 42.8 Å². The third-order valence-electron chi connectivity index (χ3n) is 5.36. The summed E-state index contributed by atoms with van der Waals surface area (Å²) < 4.78 is 25.0. The zero-order valence-electron chi connectivity index (χ0n) is 21.6. The Kier molecular flexibility index (Phi) is 9.62. The Labute approximate surface area is 245 Å². The second kappa shape index (κ2) is 13.3. The number of thiazole rings is 1. The van der Waals surface area contributed by atoms with E-state index in [1.807, 2.05) is 19.1 Å². The molecule has 0 radical (unpaired) electrons. The molecule has 212 valence electrons. The zero-order valence-corrected chi connectivity index (χ0v) is 24.0. The minimum atomic E-state index is -3.59. The van der Waals surface area contributed by atoms with E-state index in [2.05, 4.69) is 47.5 Å². The number of nitrogens with one attached hydrogen (secondary N) is 5. The summed E-state index contributed by atoms with van der Waals surface area (Å²) in [5, 5.41) is 13.3. The van der Waals surface area contributed by atoms with Crippen LogP contribution in [0.25, 0.3) is 0 Å². The lowest BCUT2D eigenvalue weighted by Gasteiger charge is -2.10. The Bertz CT molecular complexity index is 1670. The quantitative estimate of drug-likeness (QED) is 0.147. The number of aromatic nitrogens is 3. The van der Waals surface area contributed by atoms with Crippen molar-refractivity contribution in [2.45, 2.75) is 13.3 Å². The molecule has 0 aliphatic carbocycles. The molecule has 0 bridgehead atoms. The first-order valence-corrected chi connectivity index (χ1v) is 14.8. The number of rotatable bonds is 12. The molecule has 41 heavy (non-hydrogen) atoms. The lowest BCUT2D eigenvalue weighted by Crippen LogP contribution is -2.26. The number of carbonyl (C=O) groups is 2. The molecule has 2 heterocycles. The van der Waals surface area contributed by atoms with Crippen LogP contribution in [-0.2, 0) is 14.8 Å². The average Bonchev–Trinajstić information content (AvgIpc) is 3.39. The lowest BCUT2D eigenvalue weighted by molar-refractivity contribution is -0.116. The van der Waals surface area contributed by atoms with Crippen LogP contribution in [0.2, 0.25) is 5.02 Å². The summed E-state index contributed by atoms with van der Waals surface area (Å²) in [5.74, 6) is 0.0231. The first kappa shape index (κ1) is 29.6. The zero-order chi connectivity index (χ0) is 29.4. The highest BCUT2D eigenvalue weighted by molar-refractivity contribution is 7.92. The third kappa shape index (κ3) is 8.56. The molecule has 0 aliphatic rings. The van der Waals surface area contributed by atoms with Crippen molar-refractivity contribution in [1.82, 2.24) is 19.7 Å². The highest BCUT2D eigenvalue weighted by Gasteiger charge is 2.14. The molecule has 15 heteroatoms. The molecule has 5 N–H and O–H groups in total. The minimum absolute atomic E-state index is 0.0542. The van der Waals surface area contributed by atoms with E-state index in [4.69, 9.17) is 11.6 Å². The minimum Gasteiger partial charge on any atom is -0.326 e. The van der Waals surface area contributed by atoms with E-state index in [9.17, 15) is 18.0 Å². The molecule has 0 spiro atoms. The molecule has 0 fully saturated rings. The van der Waals surface area contributed by atoms with Gasteiger partial charge in [0.05, 0.1) is 16.9 Å². The van der Waals surface area contributed by atoms with Gasteiger partial charge >= 0.3 is 0 Å². The topological polar surface area (TPSA) is 167 Å². The van der Waals surface area contributed by atoms with Gasteiger partial charge in [-0.1, -0.05) is 47.7 Å². The maximum absolute atomic E-state index is 12.7. The SMILES string of the molecule is C=CS(=O)(=O)NCCC(=O)Nc1cccc(Nc2nccc(Nc3ncc(C(=O)Nc4c(C)cccc4Cl)s3)n2)c1.